The number of rotatable bonds is 9. The Hall–Kier alpha value is -3.62. The maximum Gasteiger partial charge on any atom is 0.311 e. The molecule has 2 aromatic rings. The minimum Gasteiger partial charge on any atom is -0.490 e. The van der Waals surface area contributed by atoms with Crippen LogP contribution in [0.5, 0.6) is 11.5 Å². The van der Waals surface area contributed by atoms with E-state index in [2.05, 4.69) is 5.32 Å². The zero-order valence-corrected chi connectivity index (χ0v) is 19.0. The number of benzene rings is 2. The van der Waals surface area contributed by atoms with Crippen molar-refractivity contribution in [3.05, 3.63) is 64.2 Å². The minimum atomic E-state index is -0.739. The maximum absolute atomic E-state index is 13.0. The molecule has 0 aliphatic carbocycles. The number of amides is 2. The molecule has 9 nitrogen and oxygen atoms in total. The number of nitrogens with zero attached hydrogens (tertiary/aromatic N) is 2. The summed E-state index contributed by atoms with van der Waals surface area (Å²) in [5.74, 6) is -0.409. The molecule has 32 heavy (non-hydrogen) atoms. The van der Waals surface area contributed by atoms with E-state index >= 15 is 0 Å². The van der Waals surface area contributed by atoms with Gasteiger partial charge in [0.1, 0.15) is 11.8 Å². The summed E-state index contributed by atoms with van der Waals surface area (Å²) in [6, 6.07) is 12.6. The fourth-order valence-corrected chi connectivity index (χ4v) is 2.96. The van der Waals surface area contributed by atoms with Gasteiger partial charge in [0.05, 0.1) is 12.0 Å². The van der Waals surface area contributed by atoms with Crippen LogP contribution in [0.2, 0.25) is 0 Å². The van der Waals surface area contributed by atoms with Crippen molar-refractivity contribution in [3.8, 4) is 11.5 Å². The SMILES string of the molecule is COc1cc(OCC(=O)N(Cc2ccccc2)C(C)C(=O)NC(C)(C)C)ccc1[N+](=O)[O-]. The van der Waals surface area contributed by atoms with E-state index in [4.69, 9.17) is 9.47 Å². The van der Waals surface area contributed by atoms with Crippen LogP contribution in [0.1, 0.15) is 33.3 Å². The molecule has 0 saturated heterocycles. The van der Waals surface area contributed by atoms with Crippen molar-refractivity contribution in [2.45, 2.75) is 45.8 Å². The average Bonchev–Trinajstić information content (AvgIpc) is 2.74. The molecule has 0 aromatic heterocycles. The quantitative estimate of drug-likeness (QED) is 0.470. The van der Waals surface area contributed by atoms with Crippen LogP contribution in [0.15, 0.2) is 48.5 Å². The molecular formula is C23H29N3O6. The molecule has 2 amide bonds. The number of carbonyl (C=O) groups excluding carboxylic acids is 2. The molecule has 0 spiro atoms. The van der Waals surface area contributed by atoms with E-state index in [1.807, 2.05) is 51.1 Å². The topological polar surface area (TPSA) is 111 Å². The molecule has 1 atom stereocenters. The molecule has 2 rings (SSSR count). The molecule has 1 unspecified atom stereocenters. The second kappa shape index (κ2) is 10.6. The van der Waals surface area contributed by atoms with Crippen LogP contribution < -0.4 is 14.8 Å². The Morgan fingerprint density at radius 3 is 2.38 bits per heavy atom. The Morgan fingerprint density at radius 2 is 1.81 bits per heavy atom. The van der Waals surface area contributed by atoms with Gasteiger partial charge < -0.3 is 19.7 Å². The highest BCUT2D eigenvalue weighted by Gasteiger charge is 2.28. The Morgan fingerprint density at radius 1 is 1.16 bits per heavy atom. The second-order valence-corrected chi connectivity index (χ2v) is 8.30. The Labute approximate surface area is 187 Å². The largest absolute Gasteiger partial charge is 0.490 e. The van der Waals surface area contributed by atoms with Crippen molar-refractivity contribution in [3.63, 3.8) is 0 Å². The lowest BCUT2D eigenvalue weighted by atomic mass is 10.1. The van der Waals surface area contributed by atoms with Crippen molar-refractivity contribution in [2.75, 3.05) is 13.7 Å². The Bertz CT molecular complexity index is 956. The third kappa shape index (κ3) is 6.97. The van der Waals surface area contributed by atoms with Crippen molar-refractivity contribution >= 4 is 17.5 Å². The molecule has 0 aliphatic heterocycles. The summed E-state index contributed by atoms with van der Waals surface area (Å²) in [4.78, 5) is 37.7. The third-order valence-corrected chi connectivity index (χ3v) is 4.57. The van der Waals surface area contributed by atoms with Crippen LogP contribution in [0.3, 0.4) is 0 Å². The summed E-state index contributed by atoms with van der Waals surface area (Å²) in [7, 11) is 1.31. The lowest BCUT2D eigenvalue weighted by Gasteiger charge is -2.31. The van der Waals surface area contributed by atoms with Gasteiger partial charge in [0.2, 0.25) is 11.7 Å². The molecule has 2 aromatic carbocycles. The first-order valence-electron chi connectivity index (χ1n) is 10.1. The predicted octanol–water partition coefficient (Wildman–Crippen LogP) is 3.31. The van der Waals surface area contributed by atoms with Gasteiger partial charge in [0.25, 0.3) is 5.91 Å². The van der Waals surface area contributed by atoms with E-state index in [-0.39, 0.29) is 36.2 Å². The van der Waals surface area contributed by atoms with E-state index in [0.717, 1.165) is 5.56 Å². The van der Waals surface area contributed by atoms with Crippen molar-refractivity contribution < 1.29 is 24.0 Å². The van der Waals surface area contributed by atoms with E-state index < -0.39 is 22.4 Å². The molecule has 0 heterocycles. The van der Waals surface area contributed by atoms with Crippen LogP contribution >= 0.6 is 0 Å². The highest BCUT2D eigenvalue weighted by Crippen LogP contribution is 2.30. The molecular weight excluding hydrogens is 414 g/mol. The molecule has 172 valence electrons. The average molecular weight is 444 g/mol. The number of nitro groups is 1. The predicted molar refractivity (Wildman–Crippen MR) is 119 cm³/mol. The summed E-state index contributed by atoms with van der Waals surface area (Å²) in [5, 5.41) is 13.9. The number of nitrogens with one attached hydrogen (secondary N) is 1. The van der Waals surface area contributed by atoms with Gasteiger partial charge in [-0.25, -0.2) is 0 Å². The first-order valence-corrected chi connectivity index (χ1v) is 10.1. The van der Waals surface area contributed by atoms with Gasteiger partial charge in [-0.05, 0) is 39.3 Å². The van der Waals surface area contributed by atoms with Gasteiger partial charge in [-0.15, -0.1) is 0 Å². The molecule has 0 fully saturated rings. The molecule has 0 bridgehead atoms. The molecule has 0 radical (unpaired) electrons. The first-order chi connectivity index (χ1) is 15.0. The summed E-state index contributed by atoms with van der Waals surface area (Å²) in [5.41, 5.74) is 0.219. The number of hydrogen-bond donors (Lipinski definition) is 1. The van der Waals surface area contributed by atoms with E-state index in [1.165, 1.54) is 30.2 Å². The van der Waals surface area contributed by atoms with Crippen LogP contribution in [0.25, 0.3) is 0 Å². The number of methoxy groups -OCH3 is 1. The van der Waals surface area contributed by atoms with Gasteiger partial charge in [0, 0.05) is 24.2 Å². The number of carbonyl (C=O) groups is 2. The van der Waals surface area contributed by atoms with Gasteiger partial charge in [-0.1, -0.05) is 30.3 Å². The minimum absolute atomic E-state index is 0.0269. The van der Waals surface area contributed by atoms with Crippen molar-refractivity contribution in [1.29, 1.82) is 0 Å². The van der Waals surface area contributed by atoms with Gasteiger partial charge >= 0.3 is 5.69 Å². The fourth-order valence-electron chi connectivity index (χ4n) is 2.96. The smallest absolute Gasteiger partial charge is 0.311 e. The zero-order valence-electron chi connectivity index (χ0n) is 19.0. The molecule has 1 N–H and O–H groups in total. The van der Waals surface area contributed by atoms with Crippen molar-refractivity contribution in [2.24, 2.45) is 0 Å². The summed E-state index contributed by atoms with van der Waals surface area (Å²) in [6.07, 6.45) is 0. The lowest BCUT2D eigenvalue weighted by molar-refractivity contribution is -0.385. The normalized spacial score (nSPS) is 11.9. The molecule has 0 aliphatic rings. The van der Waals surface area contributed by atoms with Crippen LogP contribution in [-0.2, 0) is 16.1 Å². The summed E-state index contributed by atoms with van der Waals surface area (Å²) >= 11 is 0. The number of nitro benzene ring substituents is 1. The molecule has 0 saturated carbocycles. The first kappa shape index (κ1) is 24.6. The highest BCUT2D eigenvalue weighted by atomic mass is 16.6. The Kier molecular flexibility index (Phi) is 8.17. The fraction of sp³-hybridized carbons (Fsp3) is 0.391. The van der Waals surface area contributed by atoms with Crippen molar-refractivity contribution in [1.82, 2.24) is 10.2 Å². The maximum atomic E-state index is 13.0. The monoisotopic (exact) mass is 443 g/mol. The second-order valence-electron chi connectivity index (χ2n) is 8.30. The van der Waals surface area contributed by atoms with Gasteiger partial charge in [0.15, 0.2) is 6.61 Å². The van der Waals surface area contributed by atoms with Crippen LogP contribution in [-0.4, -0.2) is 46.9 Å². The van der Waals surface area contributed by atoms with E-state index in [1.54, 1.807) is 6.92 Å². The standard InChI is InChI=1S/C23H29N3O6/c1-16(22(28)24-23(2,3)4)25(14-17-9-7-6-8-10-17)21(27)15-32-18-11-12-19(26(29)30)20(13-18)31-5/h6-13,16H,14-15H2,1-5H3,(H,24,28). The number of ether oxygens (including phenoxy) is 2. The highest BCUT2D eigenvalue weighted by molar-refractivity contribution is 5.88. The summed E-state index contributed by atoms with van der Waals surface area (Å²) < 4.78 is 10.6. The Balaban J connectivity index is 2.18. The third-order valence-electron chi connectivity index (χ3n) is 4.57. The number of hydrogen-bond acceptors (Lipinski definition) is 6. The van der Waals surface area contributed by atoms with E-state index in [0.29, 0.717) is 0 Å². The van der Waals surface area contributed by atoms with Crippen LogP contribution in [0.4, 0.5) is 5.69 Å². The summed E-state index contributed by atoms with van der Waals surface area (Å²) in [6.45, 7) is 7.15. The molecule has 9 heteroatoms. The van der Waals surface area contributed by atoms with E-state index in [9.17, 15) is 19.7 Å². The van der Waals surface area contributed by atoms with Gasteiger partial charge in [-0.2, -0.15) is 0 Å². The van der Waals surface area contributed by atoms with Gasteiger partial charge in [-0.3, -0.25) is 19.7 Å². The lowest BCUT2D eigenvalue weighted by Crippen LogP contribution is -2.53. The zero-order chi connectivity index (χ0) is 23.9. The van der Waals surface area contributed by atoms with Crippen LogP contribution in [0, 0.1) is 10.1 Å².